The van der Waals surface area contributed by atoms with E-state index in [1.165, 1.54) is 16.7 Å². The minimum absolute atomic E-state index is 0.0579. The first-order valence-electron chi connectivity index (χ1n) is 6.40. The van der Waals surface area contributed by atoms with Crippen molar-refractivity contribution in [1.82, 2.24) is 4.90 Å². The van der Waals surface area contributed by atoms with Crippen LogP contribution in [0.1, 0.15) is 25.3 Å². The number of imide groups is 1. The van der Waals surface area contributed by atoms with Crippen LogP contribution in [0.4, 0.5) is 5.69 Å². The highest BCUT2D eigenvalue weighted by molar-refractivity contribution is 8.00. The summed E-state index contributed by atoms with van der Waals surface area (Å²) in [5.41, 5.74) is 7.46. The maximum atomic E-state index is 12.1. The first-order valence-corrected chi connectivity index (χ1v) is 7.28. The van der Waals surface area contributed by atoms with E-state index in [-0.39, 0.29) is 17.1 Å². The van der Waals surface area contributed by atoms with Gasteiger partial charge in [0, 0.05) is 23.5 Å². The van der Waals surface area contributed by atoms with E-state index in [1.54, 1.807) is 0 Å². The topological polar surface area (TPSA) is 63.4 Å². The third-order valence-electron chi connectivity index (χ3n) is 3.12. The number of aryl methyl sites for hydroxylation is 1. The molecule has 0 aliphatic carbocycles. The van der Waals surface area contributed by atoms with Crippen LogP contribution in [-0.4, -0.2) is 28.5 Å². The van der Waals surface area contributed by atoms with Gasteiger partial charge in [0.25, 0.3) is 0 Å². The Morgan fingerprint density at radius 3 is 2.79 bits per heavy atom. The predicted octanol–water partition coefficient (Wildman–Crippen LogP) is 2.21. The predicted molar refractivity (Wildman–Crippen MR) is 76.9 cm³/mol. The number of thioether (sulfide) groups is 1. The van der Waals surface area contributed by atoms with Gasteiger partial charge in [-0.1, -0.05) is 6.92 Å². The van der Waals surface area contributed by atoms with Crippen molar-refractivity contribution in [2.45, 2.75) is 36.8 Å². The Morgan fingerprint density at radius 1 is 1.42 bits per heavy atom. The van der Waals surface area contributed by atoms with E-state index in [2.05, 4.69) is 0 Å². The van der Waals surface area contributed by atoms with Crippen LogP contribution in [-0.2, 0) is 9.59 Å². The van der Waals surface area contributed by atoms with Crippen LogP contribution >= 0.6 is 11.8 Å². The molecular weight excluding hydrogens is 260 g/mol. The average Bonchev–Trinajstić information content (AvgIpc) is 2.61. The highest BCUT2D eigenvalue weighted by Gasteiger charge is 2.38. The maximum absolute atomic E-state index is 12.1. The number of rotatable bonds is 4. The second-order valence-electron chi connectivity index (χ2n) is 4.72. The maximum Gasteiger partial charge on any atom is 0.243 e. The molecule has 5 heteroatoms. The number of nitrogen functional groups attached to an aromatic ring is 1. The highest BCUT2D eigenvalue weighted by atomic mass is 32.2. The Bertz CT molecular complexity index is 516. The zero-order valence-electron chi connectivity index (χ0n) is 11.2. The van der Waals surface area contributed by atoms with E-state index in [9.17, 15) is 9.59 Å². The minimum atomic E-state index is -0.290. The second-order valence-corrected chi connectivity index (χ2v) is 5.96. The molecule has 1 unspecified atom stereocenters. The molecule has 0 spiro atoms. The zero-order valence-corrected chi connectivity index (χ0v) is 12.0. The fourth-order valence-electron chi connectivity index (χ4n) is 2.16. The average molecular weight is 278 g/mol. The monoisotopic (exact) mass is 278 g/mol. The van der Waals surface area contributed by atoms with Gasteiger partial charge in [0.15, 0.2) is 0 Å². The SMILES string of the molecule is CCCN1C(=O)CC(Sc2ccc(N)cc2C)C1=O. The van der Waals surface area contributed by atoms with Crippen molar-refractivity contribution >= 4 is 29.3 Å². The van der Waals surface area contributed by atoms with Crippen molar-refractivity contribution in [3.8, 4) is 0 Å². The molecule has 19 heavy (non-hydrogen) atoms. The van der Waals surface area contributed by atoms with Crippen molar-refractivity contribution in [3.63, 3.8) is 0 Å². The number of hydrogen-bond acceptors (Lipinski definition) is 4. The van der Waals surface area contributed by atoms with Gasteiger partial charge in [-0.25, -0.2) is 0 Å². The van der Waals surface area contributed by atoms with Gasteiger partial charge in [-0.3, -0.25) is 14.5 Å². The van der Waals surface area contributed by atoms with Crippen LogP contribution in [0.5, 0.6) is 0 Å². The summed E-state index contributed by atoms with van der Waals surface area (Å²) in [5, 5.41) is -0.290. The Balaban J connectivity index is 2.12. The van der Waals surface area contributed by atoms with Gasteiger partial charge in [-0.15, -0.1) is 11.8 Å². The van der Waals surface area contributed by atoms with Crippen LogP contribution in [0.25, 0.3) is 0 Å². The molecule has 1 aromatic rings. The number of likely N-dealkylation sites (tertiary alicyclic amines) is 1. The summed E-state index contributed by atoms with van der Waals surface area (Å²) < 4.78 is 0. The lowest BCUT2D eigenvalue weighted by Gasteiger charge is -2.14. The lowest BCUT2D eigenvalue weighted by molar-refractivity contribution is -0.138. The summed E-state index contributed by atoms with van der Waals surface area (Å²) in [6, 6.07) is 5.61. The van der Waals surface area contributed by atoms with Gasteiger partial charge in [0.1, 0.15) is 0 Å². The zero-order chi connectivity index (χ0) is 14.0. The van der Waals surface area contributed by atoms with E-state index in [1.807, 2.05) is 32.0 Å². The molecule has 1 heterocycles. The Kier molecular flexibility index (Phi) is 4.14. The van der Waals surface area contributed by atoms with Gasteiger partial charge in [-0.05, 0) is 37.1 Å². The van der Waals surface area contributed by atoms with Gasteiger partial charge < -0.3 is 5.73 Å². The molecule has 0 aromatic heterocycles. The van der Waals surface area contributed by atoms with Crippen molar-refractivity contribution in [1.29, 1.82) is 0 Å². The molecule has 102 valence electrons. The van der Waals surface area contributed by atoms with E-state index in [0.29, 0.717) is 18.7 Å². The molecule has 1 aliphatic rings. The van der Waals surface area contributed by atoms with E-state index >= 15 is 0 Å². The molecular formula is C14H18N2O2S. The first kappa shape index (κ1) is 13.9. The van der Waals surface area contributed by atoms with Crippen molar-refractivity contribution in [2.24, 2.45) is 0 Å². The standard InChI is InChI=1S/C14H18N2O2S/c1-3-6-16-13(17)8-12(14(16)18)19-11-5-4-10(15)7-9(11)2/h4-5,7,12H,3,6,8,15H2,1-2H3. The Morgan fingerprint density at radius 2 is 2.16 bits per heavy atom. The third-order valence-corrected chi connectivity index (χ3v) is 4.48. The summed E-state index contributed by atoms with van der Waals surface area (Å²) in [6.45, 7) is 4.45. The summed E-state index contributed by atoms with van der Waals surface area (Å²) >= 11 is 1.46. The van der Waals surface area contributed by atoms with Gasteiger partial charge in [-0.2, -0.15) is 0 Å². The number of nitrogens with two attached hydrogens (primary N) is 1. The smallest absolute Gasteiger partial charge is 0.243 e. The highest BCUT2D eigenvalue weighted by Crippen LogP contribution is 2.33. The van der Waals surface area contributed by atoms with E-state index in [0.717, 1.165) is 16.9 Å². The summed E-state index contributed by atoms with van der Waals surface area (Å²) in [4.78, 5) is 26.3. The molecule has 2 N–H and O–H groups in total. The van der Waals surface area contributed by atoms with Crippen molar-refractivity contribution in [3.05, 3.63) is 23.8 Å². The summed E-state index contributed by atoms with van der Waals surface area (Å²) in [7, 11) is 0. The number of amides is 2. The molecule has 2 rings (SSSR count). The minimum Gasteiger partial charge on any atom is -0.399 e. The number of hydrogen-bond donors (Lipinski definition) is 1. The molecule has 1 saturated heterocycles. The molecule has 1 fully saturated rings. The summed E-state index contributed by atoms with van der Waals surface area (Å²) in [5.74, 6) is -0.120. The normalized spacial score (nSPS) is 19.3. The molecule has 1 aliphatic heterocycles. The van der Waals surface area contributed by atoms with Gasteiger partial charge in [0.2, 0.25) is 11.8 Å². The lowest BCUT2D eigenvalue weighted by atomic mass is 10.2. The molecule has 0 saturated carbocycles. The van der Waals surface area contributed by atoms with Crippen LogP contribution < -0.4 is 5.73 Å². The fourth-order valence-corrected chi connectivity index (χ4v) is 3.31. The summed E-state index contributed by atoms with van der Waals surface area (Å²) in [6.07, 6.45) is 1.10. The number of carbonyl (C=O) groups excluding carboxylic acids is 2. The molecule has 0 radical (unpaired) electrons. The van der Waals surface area contributed by atoms with E-state index in [4.69, 9.17) is 5.73 Å². The van der Waals surface area contributed by atoms with E-state index < -0.39 is 0 Å². The van der Waals surface area contributed by atoms with Crippen LogP contribution in [0.3, 0.4) is 0 Å². The van der Waals surface area contributed by atoms with Crippen LogP contribution in [0.2, 0.25) is 0 Å². The van der Waals surface area contributed by atoms with Crippen molar-refractivity contribution in [2.75, 3.05) is 12.3 Å². The second kappa shape index (κ2) is 5.65. The van der Waals surface area contributed by atoms with Crippen LogP contribution in [0.15, 0.2) is 23.1 Å². The lowest BCUT2D eigenvalue weighted by Crippen LogP contribution is -2.31. The van der Waals surface area contributed by atoms with Crippen molar-refractivity contribution < 1.29 is 9.59 Å². The number of nitrogens with zero attached hydrogens (tertiary/aromatic N) is 1. The van der Waals surface area contributed by atoms with Gasteiger partial charge >= 0.3 is 0 Å². The Hall–Kier alpha value is -1.49. The Labute approximate surface area is 117 Å². The van der Waals surface area contributed by atoms with Crippen LogP contribution in [0, 0.1) is 6.92 Å². The molecule has 1 atom stereocenters. The number of anilines is 1. The molecule has 0 bridgehead atoms. The number of carbonyl (C=O) groups is 2. The first-order chi connectivity index (χ1) is 9.02. The molecule has 4 nitrogen and oxygen atoms in total. The fraction of sp³-hybridized carbons (Fsp3) is 0.429. The number of benzene rings is 1. The quantitative estimate of drug-likeness (QED) is 0.677. The largest absolute Gasteiger partial charge is 0.399 e. The third kappa shape index (κ3) is 2.92. The molecule has 1 aromatic carbocycles. The molecule has 2 amide bonds. The van der Waals surface area contributed by atoms with Gasteiger partial charge in [0.05, 0.1) is 5.25 Å².